The molecule has 2 aromatic carbocycles. The van der Waals surface area contributed by atoms with Gasteiger partial charge >= 0.3 is 0 Å². The van der Waals surface area contributed by atoms with Crippen LogP contribution in [0, 0.1) is 0 Å². The van der Waals surface area contributed by atoms with E-state index in [4.69, 9.17) is 14.2 Å². The molecule has 0 radical (unpaired) electrons. The summed E-state index contributed by atoms with van der Waals surface area (Å²) in [5.41, 5.74) is 3.40. The van der Waals surface area contributed by atoms with Crippen molar-refractivity contribution < 1.29 is 14.2 Å². The molecule has 30 heavy (non-hydrogen) atoms. The molecule has 1 aromatic heterocycles. The summed E-state index contributed by atoms with van der Waals surface area (Å²) in [6.45, 7) is 0. The molecule has 156 valence electrons. The zero-order valence-electron chi connectivity index (χ0n) is 17.3. The SMILES string of the molecule is COc1cc(Nc2ncnc(NC3CCCc4ccccc43)n2)cc(OC)c1OC. The monoisotopic (exact) mass is 407 g/mol. The van der Waals surface area contributed by atoms with E-state index in [1.54, 1.807) is 33.5 Å². The third-order valence-corrected chi connectivity index (χ3v) is 5.17. The van der Waals surface area contributed by atoms with Crippen LogP contribution in [0.5, 0.6) is 17.2 Å². The first kappa shape index (κ1) is 19.8. The van der Waals surface area contributed by atoms with Crippen LogP contribution in [0.3, 0.4) is 0 Å². The van der Waals surface area contributed by atoms with Gasteiger partial charge in [0.25, 0.3) is 0 Å². The van der Waals surface area contributed by atoms with Crippen molar-refractivity contribution in [1.82, 2.24) is 15.0 Å². The summed E-state index contributed by atoms with van der Waals surface area (Å²) < 4.78 is 16.2. The summed E-state index contributed by atoms with van der Waals surface area (Å²) in [6.07, 6.45) is 4.78. The normalized spacial score (nSPS) is 15.1. The van der Waals surface area contributed by atoms with Crippen LogP contribution < -0.4 is 24.8 Å². The van der Waals surface area contributed by atoms with Gasteiger partial charge in [0, 0.05) is 17.8 Å². The minimum absolute atomic E-state index is 0.186. The van der Waals surface area contributed by atoms with Crippen molar-refractivity contribution >= 4 is 17.6 Å². The van der Waals surface area contributed by atoms with Crippen molar-refractivity contribution in [2.75, 3.05) is 32.0 Å². The number of aryl methyl sites for hydroxylation is 1. The van der Waals surface area contributed by atoms with E-state index in [1.807, 2.05) is 0 Å². The summed E-state index contributed by atoms with van der Waals surface area (Å²) in [5, 5.41) is 6.64. The Kier molecular flexibility index (Phi) is 5.83. The lowest BCUT2D eigenvalue weighted by atomic mass is 9.88. The van der Waals surface area contributed by atoms with Gasteiger partial charge in [-0.05, 0) is 30.4 Å². The first-order chi connectivity index (χ1) is 14.7. The quantitative estimate of drug-likeness (QED) is 0.604. The fourth-order valence-electron chi connectivity index (χ4n) is 3.77. The Balaban J connectivity index is 1.55. The Bertz CT molecular complexity index is 1000. The van der Waals surface area contributed by atoms with Gasteiger partial charge < -0.3 is 24.8 Å². The predicted octanol–water partition coefficient (Wildman–Crippen LogP) is 4.13. The average molecular weight is 407 g/mol. The number of ether oxygens (including phenoxy) is 3. The molecule has 8 nitrogen and oxygen atoms in total. The van der Waals surface area contributed by atoms with Crippen LogP contribution in [0.4, 0.5) is 17.6 Å². The molecule has 1 aliphatic rings. The van der Waals surface area contributed by atoms with E-state index in [1.165, 1.54) is 17.5 Å². The van der Waals surface area contributed by atoms with Gasteiger partial charge in [-0.2, -0.15) is 4.98 Å². The van der Waals surface area contributed by atoms with Crippen LogP contribution in [0.25, 0.3) is 0 Å². The summed E-state index contributed by atoms with van der Waals surface area (Å²) in [6, 6.07) is 12.3. The number of nitrogens with one attached hydrogen (secondary N) is 2. The van der Waals surface area contributed by atoms with E-state index in [0.29, 0.717) is 34.8 Å². The molecule has 0 spiro atoms. The topological polar surface area (TPSA) is 90.4 Å². The Labute approximate surface area is 175 Å². The Hall–Kier alpha value is -3.55. The first-order valence-corrected chi connectivity index (χ1v) is 9.82. The molecule has 1 unspecified atom stereocenters. The van der Waals surface area contributed by atoms with Gasteiger partial charge in [0.15, 0.2) is 11.5 Å². The van der Waals surface area contributed by atoms with Crippen LogP contribution in [-0.4, -0.2) is 36.3 Å². The number of fused-ring (bicyclic) bond motifs is 1. The highest BCUT2D eigenvalue weighted by Crippen LogP contribution is 2.40. The summed E-state index contributed by atoms with van der Waals surface area (Å²) in [5.74, 6) is 2.57. The van der Waals surface area contributed by atoms with E-state index in [0.717, 1.165) is 19.3 Å². The van der Waals surface area contributed by atoms with Crippen molar-refractivity contribution in [3.63, 3.8) is 0 Å². The smallest absolute Gasteiger partial charge is 0.231 e. The van der Waals surface area contributed by atoms with Crippen molar-refractivity contribution in [2.24, 2.45) is 0 Å². The van der Waals surface area contributed by atoms with E-state index < -0.39 is 0 Å². The predicted molar refractivity (Wildman–Crippen MR) is 115 cm³/mol. The molecular formula is C22H25N5O3. The Morgan fingerprint density at radius 1 is 0.933 bits per heavy atom. The van der Waals surface area contributed by atoms with Crippen molar-refractivity contribution in [1.29, 1.82) is 0 Å². The molecule has 1 aliphatic carbocycles. The number of anilines is 3. The second kappa shape index (κ2) is 8.86. The minimum Gasteiger partial charge on any atom is -0.493 e. The first-order valence-electron chi connectivity index (χ1n) is 9.82. The summed E-state index contributed by atoms with van der Waals surface area (Å²) >= 11 is 0. The largest absolute Gasteiger partial charge is 0.493 e. The summed E-state index contributed by atoms with van der Waals surface area (Å²) in [7, 11) is 4.73. The Morgan fingerprint density at radius 3 is 2.40 bits per heavy atom. The van der Waals surface area contributed by atoms with Gasteiger partial charge in [0.2, 0.25) is 17.6 Å². The molecule has 2 N–H and O–H groups in total. The number of nitrogens with zero attached hydrogens (tertiary/aromatic N) is 3. The fourth-order valence-corrected chi connectivity index (χ4v) is 3.77. The molecule has 0 fully saturated rings. The highest BCUT2D eigenvalue weighted by Gasteiger charge is 2.20. The second-order valence-electron chi connectivity index (χ2n) is 6.96. The molecular weight excluding hydrogens is 382 g/mol. The maximum absolute atomic E-state index is 5.40. The van der Waals surface area contributed by atoms with Crippen molar-refractivity contribution in [3.8, 4) is 17.2 Å². The van der Waals surface area contributed by atoms with E-state index in [2.05, 4.69) is 49.9 Å². The number of hydrogen-bond acceptors (Lipinski definition) is 8. The lowest BCUT2D eigenvalue weighted by Gasteiger charge is -2.26. The molecule has 0 amide bonds. The van der Waals surface area contributed by atoms with E-state index in [-0.39, 0.29) is 6.04 Å². The number of methoxy groups -OCH3 is 3. The number of aromatic nitrogens is 3. The lowest BCUT2D eigenvalue weighted by molar-refractivity contribution is 0.324. The third-order valence-electron chi connectivity index (χ3n) is 5.17. The molecule has 0 saturated heterocycles. The van der Waals surface area contributed by atoms with Gasteiger partial charge in [-0.1, -0.05) is 24.3 Å². The molecule has 1 atom stereocenters. The second-order valence-corrected chi connectivity index (χ2v) is 6.96. The third kappa shape index (κ3) is 4.07. The Morgan fingerprint density at radius 2 is 1.67 bits per heavy atom. The maximum atomic E-state index is 5.40. The summed E-state index contributed by atoms with van der Waals surface area (Å²) in [4.78, 5) is 13.1. The number of rotatable bonds is 7. The molecule has 0 aliphatic heterocycles. The van der Waals surface area contributed by atoms with Crippen LogP contribution >= 0.6 is 0 Å². The standard InChI is InChI=1S/C22H25N5O3/c1-28-18-11-15(12-19(29-2)20(18)30-3)25-21-23-13-24-22(27-21)26-17-10-6-8-14-7-4-5-9-16(14)17/h4-5,7,9,11-13,17H,6,8,10H2,1-3H3,(H2,23,24,25,26,27). The molecule has 1 heterocycles. The van der Waals surface area contributed by atoms with E-state index >= 15 is 0 Å². The molecule has 0 bridgehead atoms. The van der Waals surface area contributed by atoms with E-state index in [9.17, 15) is 0 Å². The maximum Gasteiger partial charge on any atom is 0.231 e. The van der Waals surface area contributed by atoms with Crippen LogP contribution in [0.1, 0.15) is 30.0 Å². The molecule has 8 heteroatoms. The van der Waals surface area contributed by atoms with Crippen LogP contribution in [0.2, 0.25) is 0 Å². The van der Waals surface area contributed by atoms with Crippen LogP contribution in [0.15, 0.2) is 42.7 Å². The van der Waals surface area contributed by atoms with Gasteiger partial charge in [0.1, 0.15) is 6.33 Å². The van der Waals surface area contributed by atoms with Gasteiger partial charge in [-0.25, -0.2) is 9.97 Å². The minimum atomic E-state index is 0.186. The highest BCUT2D eigenvalue weighted by molar-refractivity contribution is 5.65. The van der Waals surface area contributed by atoms with Crippen molar-refractivity contribution in [3.05, 3.63) is 53.9 Å². The van der Waals surface area contributed by atoms with Gasteiger partial charge in [-0.15, -0.1) is 0 Å². The highest BCUT2D eigenvalue weighted by atomic mass is 16.5. The number of benzene rings is 2. The van der Waals surface area contributed by atoms with Crippen molar-refractivity contribution in [2.45, 2.75) is 25.3 Å². The fraction of sp³-hybridized carbons (Fsp3) is 0.318. The molecule has 4 rings (SSSR count). The molecule has 0 saturated carbocycles. The average Bonchev–Trinajstić information content (AvgIpc) is 2.79. The van der Waals surface area contributed by atoms with Gasteiger partial charge in [-0.3, -0.25) is 0 Å². The lowest BCUT2D eigenvalue weighted by Crippen LogP contribution is -2.18. The van der Waals surface area contributed by atoms with Gasteiger partial charge in [0.05, 0.1) is 27.4 Å². The van der Waals surface area contributed by atoms with Crippen LogP contribution in [-0.2, 0) is 6.42 Å². The number of hydrogen-bond donors (Lipinski definition) is 2. The molecule has 3 aromatic rings. The zero-order valence-corrected chi connectivity index (χ0v) is 17.3. The zero-order chi connectivity index (χ0) is 20.9.